The van der Waals surface area contributed by atoms with Gasteiger partial charge in [0.15, 0.2) is 17.5 Å². The van der Waals surface area contributed by atoms with Crippen LogP contribution < -0.4 is 46.1 Å². The molecule has 0 saturated carbocycles. The van der Waals surface area contributed by atoms with Gasteiger partial charge in [0.1, 0.15) is 90.7 Å². The topological polar surface area (TPSA) is 300 Å². The molecule has 3 saturated heterocycles. The maximum Gasteiger partial charge on any atom is 0.282 e. The summed E-state index contributed by atoms with van der Waals surface area (Å²) in [6.45, 7) is 28.2. The number of rotatable bonds is 15. The first kappa shape index (κ1) is 95.9. The van der Waals surface area contributed by atoms with Gasteiger partial charge in [-0.15, -0.1) is 34.0 Å². The molecule has 6 aromatic carbocycles. The first-order chi connectivity index (χ1) is 64.5. The van der Waals surface area contributed by atoms with Crippen LogP contribution in [0.2, 0.25) is 10.0 Å². The molecule has 6 aliphatic rings. The average Bonchev–Trinajstić information content (AvgIpc) is 0.955. The lowest BCUT2D eigenvalue weighted by atomic mass is 9.95. The highest BCUT2D eigenvalue weighted by atomic mass is 35.5. The predicted molar refractivity (Wildman–Crippen MR) is 514 cm³/mol. The van der Waals surface area contributed by atoms with Crippen LogP contribution >= 0.6 is 57.2 Å². The van der Waals surface area contributed by atoms with E-state index in [2.05, 4.69) is 34.7 Å². The largest absolute Gasteiger partial charge is 0.507 e. The van der Waals surface area contributed by atoms with Crippen molar-refractivity contribution in [2.75, 3.05) is 110 Å². The van der Waals surface area contributed by atoms with Crippen molar-refractivity contribution < 1.29 is 74.8 Å². The van der Waals surface area contributed by atoms with Crippen LogP contribution in [0.5, 0.6) is 17.2 Å². The number of pyridine rings is 3. The van der Waals surface area contributed by atoms with E-state index in [1.165, 1.54) is 103 Å². The third kappa shape index (κ3) is 15.5. The van der Waals surface area contributed by atoms with Crippen molar-refractivity contribution in [3.05, 3.63) is 226 Å². The van der Waals surface area contributed by atoms with E-state index in [1.807, 2.05) is 74.4 Å². The molecule has 0 spiro atoms. The molecule has 6 aromatic heterocycles. The summed E-state index contributed by atoms with van der Waals surface area (Å²) in [5.41, 5.74) is 0.588. The average molecular weight is 1960 g/mol. The van der Waals surface area contributed by atoms with E-state index in [0.717, 1.165) is 79.9 Å². The number of halogens is 9. The second kappa shape index (κ2) is 36.7. The Hall–Kier alpha value is -13.3. The van der Waals surface area contributed by atoms with Crippen molar-refractivity contribution in [3.63, 3.8) is 0 Å². The smallest absolute Gasteiger partial charge is 0.282 e. The summed E-state index contributed by atoms with van der Waals surface area (Å²) in [6.07, 6.45) is 3.53. The van der Waals surface area contributed by atoms with E-state index in [9.17, 15) is 53.7 Å². The van der Waals surface area contributed by atoms with E-state index in [4.69, 9.17) is 23.2 Å². The number of aromatic hydroxyl groups is 3. The molecular weight excluding hydrogens is 1870 g/mol. The number of phenolic OH excluding ortho intramolecular Hbond substituents is 3. The van der Waals surface area contributed by atoms with Gasteiger partial charge in [0.05, 0.1) is 119 Å². The van der Waals surface area contributed by atoms with Gasteiger partial charge in [-0.1, -0.05) is 103 Å². The van der Waals surface area contributed by atoms with Crippen LogP contribution in [-0.2, 0) is 28.8 Å². The second-order valence-corrected chi connectivity index (χ2v) is 38.4. The number of anilines is 6. The van der Waals surface area contributed by atoms with Gasteiger partial charge in [-0.25, -0.2) is 45.7 Å². The van der Waals surface area contributed by atoms with E-state index in [-0.39, 0.29) is 175 Å². The van der Waals surface area contributed by atoms with Crippen LogP contribution in [-0.4, -0.2) is 216 Å². The summed E-state index contributed by atoms with van der Waals surface area (Å²) < 4.78 is 116. The number of hydrogen-bond acceptors (Lipinski definition) is 22. The second-order valence-electron chi connectivity index (χ2n) is 35.1. The molecule has 12 heterocycles. The first-order valence-electron chi connectivity index (χ1n) is 43.2. The van der Waals surface area contributed by atoms with Gasteiger partial charge in [-0.3, -0.25) is 56.9 Å². The predicted octanol–water partition coefficient (Wildman–Crippen LogP) is 15.7. The summed E-state index contributed by atoms with van der Waals surface area (Å²) in [6, 6.07) is 10.4. The van der Waals surface area contributed by atoms with Crippen LogP contribution in [0.15, 0.2) is 142 Å². The number of carbonyl (C=O) groups excluding carboxylic acids is 6. The fourth-order valence-corrected chi connectivity index (χ4v) is 22.5. The SMILES string of the molecule is C=CC(=O)N1CC2C(=O)N(C)c3c(c4cc(Cl)c(-c5c(O)cccc5F)c(F)c4n(-c4scnc4C(C)C)c3=O)N2CC1C.C=CC(=O)N1CC2C(=O)N(C)c3c(c4cc(F)c(-c5c(O)cccc5F)c(F)c4n(-c4scnc4C(C)C)c3=O)N2CC1C.C=CC(=O)N1CC2C(=O)N(CCN(C)C)c3c(c4cc(Cl)c(-c5c(O)cccc5F)c(F)c4n(-c4scnc4C(C)C)c3=O)N2CC1C. The number of likely N-dealkylation sites (N-methyl/N-ethyl adjacent to an activating group) is 3. The van der Waals surface area contributed by atoms with E-state index in [0.29, 0.717) is 33.6 Å². The fraction of sp³-hybridized carbons (Fsp3) is 0.312. The number of piperazine rings is 3. The number of carbonyl (C=O) groups is 6. The number of thiazole rings is 3. The highest BCUT2D eigenvalue weighted by Gasteiger charge is 2.52. The zero-order valence-electron chi connectivity index (χ0n) is 75.7. The van der Waals surface area contributed by atoms with Crippen molar-refractivity contribution in [1.29, 1.82) is 0 Å². The van der Waals surface area contributed by atoms with Crippen molar-refractivity contribution >= 4 is 159 Å². The number of hydrogen-bond donors (Lipinski definition) is 3. The normalized spacial score (nSPS) is 18.0. The zero-order valence-corrected chi connectivity index (χ0v) is 79.6. The van der Waals surface area contributed by atoms with Gasteiger partial charge >= 0.3 is 0 Å². The van der Waals surface area contributed by atoms with E-state index < -0.39 is 150 Å². The van der Waals surface area contributed by atoms with Gasteiger partial charge in [0.2, 0.25) is 17.7 Å². The molecule has 6 amide bonds. The van der Waals surface area contributed by atoms with Crippen molar-refractivity contribution in [2.45, 2.75) is 116 Å². The summed E-state index contributed by atoms with van der Waals surface area (Å²) in [5, 5.41) is 32.6. The molecule has 0 bridgehead atoms. The van der Waals surface area contributed by atoms with Crippen LogP contribution in [0.25, 0.3) is 81.1 Å². The molecular formula is C96H91Cl2F7N16O12S3. The van der Waals surface area contributed by atoms with E-state index in [1.54, 1.807) is 37.5 Å². The lowest BCUT2D eigenvalue weighted by Gasteiger charge is -2.50. The fourth-order valence-electron chi connectivity index (χ4n) is 19.1. The van der Waals surface area contributed by atoms with Crippen LogP contribution in [0.1, 0.15) is 97.1 Å². The standard InChI is InChI=1S/C34H35ClF2N6O4S.C31H28ClF2N5O4S.C31H28F3N5O4S/c1-7-24(45)41-15-22-32(46)40(12-11-39(5)6)31-30(42(22)14-18(41)4)19-13-20(35)25(26-21(36)9-8-10-23(26)44)27(37)29(19)43(33(31)47)34-28(17(2)3)38-16-48-34;1-6-21(41)37-12-19-29(42)36(5)28-27(38(19)11-15(37)4)16-10-17(32)22(23-18(33)8-7-9-20(23)40)24(34)26(16)39(30(28)43)31-25(14(2)3)35-13-44-31;1-6-21(41)37-12-19-29(42)36(5)28-27(38(19)11-15(37)4)16-10-18(33)23(22-17(32)8-7-9-20(22)40)24(34)26(16)39(30(28)43)31-25(14(2)3)35-13-44-31/h7-10,13,16-18,22,44H,1,11-12,14-15H2,2-6H3;2*6-10,13-15,19,40H,1,11-12H2,2-5H3. The lowest BCUT2D eigenvalue weighted by Crippen LogP contribution is -2.67. The minimum atomic E-state index is -1.27. The summed E-state index contributed by atoms with van der Waals surface area (Å²) in [5.74, 6) is -12.0. The number of aromatic nitrogens is 6. The van der Waals surface area contributed by atoms with Crippen LogP contribution in [0, 0.1) is 40.7 Å². The van der Waals surface area contributed by atoms with Crippen LogP contribution in [0.3, 0.4) is 0 Å². The molecule has 18 rings (SSSR count). The molecule has 136 heavy (non-hydrogen) atoms. The Morgan fingerprint density at radius 3 is 1.06 bits per heavy atom. The quantitative estimate of drug-likeness (QED) is 0.0634. The van der Waals surface area contributed by atoms with Gasteiger partial charge in [0, 0.05) is 92.2 Å². The maximum absolute atomic E-state index is 17.3. The van der Waals surface area contributed by atoms with Crippen molar-refractivity contribution in [2.24, 2.45) is 0 Å². The highest BCUT2D eigenvalue weighted by Crippen LogP contribution is 2.53. The molecule has 40 heteroatoms. The zero-order chi connectivity index (χ0) is 98.3. The Bertz CT molecular complexity index is 6960. The third-order valence-electron chi connectivity index (χ3n) is 25.5. The monoisotopic (exact) mass is 1960 g/mol. The molecule has 0 aliphatic carbocycles. The molecule has 6 unspecified atom stereocenters. The van der Waals surface area contributed by atoms with Gasteiger partial charge in [-0.05, 0) is 125 Å². The molecule has 0 radical (unpaired) electrons. The lowest BCUT2D eigenvalue weighted by molar-refractivity contribution is -0.132. The van der Waals surface area contributed by atoms with Gasteiger partial charge < -0.3 is 64.3 Å². The number of benzene rings is 6. The Morgan fingerprint density at radius 1 is 0.441 bits per heavy atom. The third-order valence-corrected chi connectivity index (χ3v) is 28.6. The minimum absolute atomic E-state index is 0.00880. The summed E-state index contributed by atoms with van der Waals surface area (Å²) in [7, 11) is 6.55. The molecule has 708 valence electrons. The molecule has 12 aromatic rings. The Labute approximate surface area is 795 Å². The Balaban J connectivity index is 0.000000148. The van der Waals surface area contributed by atoms with E-state index >= 15 is 35.5 Å². The summed E-state index contributed by atoms with van der Waals surface area (Å²) in [4.78, 5) is 153. The molecule has 3 fully saturated rings. The first-order valence-corrected chi connectivity index (χ1v) is 46.6. The highest BCUT2D eigenvalue weighted by molar-refractivity contribution is 7.13. The summed E-state index contributed by atoms with van der Waals surface area (Å²) >= 11 is 16.8. The number of amides is 6. The van der Waals surface area contributed by atoms with Crippen molar-refractivity contribution in [1.82, 2.24) is 48.3 Å². The number of nitrogens with zero attached hydrogens (tertiary/aromatic N) is 16. The number of fused-ring (bicyclic) bond motifs is 15. The van der Waals surface area contributed by atoms with Gasteiger partial charge in [-0.2, -0.15) is 0 Å². The Kier molecular flexibility index (Phi) is 25.9. The van der Waals surface area contributed by atoms with Gasteiger partial charge in [0.25, 0.3) is 34.4 Å². The molecule has 3 N–H and O–H groups in total. The maximum atomic E-state index is 17.3. The number of phenols is 3. The Morgan fingerprint density at radius 2 is 0.743 bits per heavy atom. The molecule has 28 nitrogen and oxygen atoms in total. The van der Waals surface area contributed by atoms with Crippen molar-refractivity contribution in [3.8, 4) is 65.6 Å². The molecule has 6 aliphatic heterocycles. The van der Waals surface area contributed by atoms with Crippen LogP contribution in [0.4, 0.5) is 64.9 Å². The molecule has 6 atom stereocenters. The minimum Gasteiger partial charge on any atom is -0.507 e.